The summed E-state index contributed by atoms with van der Waals surface area (Å²) in [5.74, 6) is 0. The van der Waals surface area contributed by atoms with Crippen LogP contribution in [0.5, 0.6) is 0 Å². The van der Waals surface area contributed by atoms with E-state index in [9.17, 15) is 0 Å². The van der Waals surface area contributed by atoms with Crippen LogP contribution in [0, 0.1) is 13.8 Å². The first-order chi connectivity index (χ1) is 8.93. The number of rotatable bonds is 8. The number of unbranched alkanes of at least 4 members (excludes halogenated alkanes) is 1. The zero-order chi connectivity index (χ0) is 14.4. The Kier molecular flexibility index (Phi) is 6.59. The van der Waals surface area contributed by atoms with Crippen LogP contribution in [0.4, 0.5) is 0 Å². The summed E-state index contributed by atoms with van der Waals surface area (Å²) >= 11 is 0. The SMILES string of the molecule is Cc1cc(CNCCCCN(C)C(C)C)c(C)n1C. The highest BCUT2D eigenvalue weighted by atomic mass is 15.1. The molecule has 110 valence electrons. The number of nitrogens with zero attached hydrogens (tertiary/aromatic N) is 2. The maximum absolute atomic E-state index is 3.55. The fourth-order valence-electron chi connectivity index (χ4n) is 2.20. The molecular formula is C16H31N3. The minimum absolute atomic E-state index is 0.655. The van der Waals surface area contributed by atoms with Crippen molar-refractivity contribution >= 4 is 0 Å². The van der Waals surface area contributed by atoms with E-state index in [4.69, 9.17) is 0 Å². The molecule has 0 bridgehead atoms. The Balaban J connectivity index is 2.16. The maximum atomic E-state index is 3.55. The van der Waals surface area contributed by atoms with E-state index in [0.717, 1.165) is 13.1 Å². The van der Waals surface area contributed by atoms with Gasteiger partial charge in [0.05, 0.1) is 0 Å². The van der Waals surface area contributed by atoms with Gasteiger partial charge in [0.2, 0.25) is 0 Å². The van der Waals surface area contributed by atoms with Gasteiger partial charge in [-0.1, -0.05) is 0 Å². The molecule has 1 aromatic rings. The first-order valence-electron chi connectivity index (χ1n) is 7.46. The Morgan fingerprint density at radius 3 is 2.47 bits per heavy atom. The summed E-state index contributed by atoms with van der Waals surface area (Å²) < 4.78 is 2.26. The highest BCUT2D eigenvalue weighted by Gasteiger charge is 2.05. The molecular weight excluding hydrogens is 234 g/mol. The molecule has 1 rings (SSSR count). The van der Waals surface area contributed by atoms with Crippen LogP contribution in [0.15, 0.2) is 6.07 Å². The molecule has 3 nitrogen and oxygen atoms in total. The van der Waals surface area contributed by atoms with E-state index in [-0.39, 0.29) is 0 Å². The first kappa shape index (κ1) is 16.3. The summed E-state index contributed by atoms with van der Waals surface area (Å²) in [6.07, 6.45) is 2.52. The van der Waals surface area contributed by atoms with Gasteiger partial charge in [-0.2, -0.15) is 0 Å². The van der Waals surface area contributed by atoms with Gasteiger partial charge < -0.3 is 14.8 Å². The third-order valence-corrected chi connectivity index (χ3v) is 4.19. The molecule has 0 spiro atoms. The molecule has 0 saturated heterocycles. The Morgan fingerprint density at radius 2 is 1.95 bits per heavy atom. The molecule has 0 saturated carbocycles. The lowest BCUT2D eigenvalue weighted by Crippen LogP contribution is -2.27. The van der Waals surface area contributed by atoms with Gasteiger partial charge in [-0.05, 0) is 72.3 Å². The van der Waals surface area contributed by atoms with Crippen molar-refractivity contribution in [2.45, 2.75) is 53.1 Å². The number of aromatic nitrogens is 1. The summed E-state index contributed by atoms with van der Waals surface area (Å²) in [4.78, 5) is 2.41. The fraction of sp³-hybridized carbons (Fsp3) is 0.750. The smallest absolute Gasteiger partial charge is 0.0223 e. The van der Waals surface area contributed by atoms with Crippen LogP contribution in [0.2, 0.25) is 0 Å². The molecule has 0 amide bonds. The largest absolute Gasteiger partial charge is 0.352 e. The number of nitrogens with one attached hydrogen (secondary N) is 1. The van der Waals surface area contributed by atoms with E-state index in [0.29, 0.717) is 6.04 Å². The van der Waals surface area contributed by atoms with E-state index in [1.165, 1.54) is 36.3 Å². The average molecular weight is 265 g/mol. The van der Waals surface area contributed by atoms with Gasteiger partial charge >= 0.3 is 0 Å². The summed E-state index contributed by atoms with van der Waals surface area (Å²) in [6, 6.07) is 2.94. The summed E-state index contributed by atoms with van der Waals surface area (Å²) in [7, 11) is 4.34. The number of hydrogen-bond donors (Lipinski definition) is 1. The van der Waals surface area contributed by atoms with E-state index in [1.807, 2.05) is 0 Å². The second kappa shape index (κ2) is 7.71. The number of aryl methyl sites for hydroxylation is 1. The van der Waals surface area contributed by atoms with Crippen molar-refractivity contribution in [3.63, 3.8) is 0 Å². The molecule has 1 N–H and O–H groups in total. The van der Waals surface area contributed by atoms with E-state index in [1.54, 1.807) is 0 Å². The molecule has 0 radical (unpaired) electrons. The van der Waals surface area contributed by atoms with Crippen LogP contribution in [-0.2, 0) is 13.6 Å². The lowest BCUT2D eigenvalue weighted by molar-refractivity contribution is 0.268. The predicted molar refractivity (Wildman–Crippen MR) is 83.6 cm³/mol. The third-order valence-electron chi connectivity index (χ3n) is 4.19. The van der Waals surface area contributed by atoms with Crippen LogP contribution in [0.1, 0.15) is 43.6 Å². The van der Waals surface area contributed by atoms with Gasteiger partial charge in [0, 0.05) is 31.0 Å². The molecule has 0 aliphatic rings. The van der Waals surface area contributed by atoms with E-state index < -0.39 is 0 Å². The molecule has 19 heavy (non-hydrogen) atoms. The highest BCUT2D eigenvalue weighted by molar-refractivity contribution is 5.26. The van der Waals surface area contributed by atoms with Crippen LogP contribution in [-0.4, -0.2) is 35.6 Å². The van der Waals surface area contributed by atoms with Gasteiger partial charge in [0.25, 0.3) is 0 Å². The quantitative estimate of drug-likeness (QED) is 0.729. The Morgan fingerprint density at radius 1 is 1.26 bits per heavy atom. The van der Waals surface area contributed by atoms with E-state index >= 15 is 0 Å². The molecule has 1 heterocycles. The zero-order valence-corrected chi connectivity index (χ0v) is 13.6. The summed E-state index contributed by atoms with van der Waals surface area (Å²) in [5, 5.41) is 3.55. The van der Waals surface area contributed by atoms with Crippen molar-refractivity contribution in [2.24, 2.45) is 7.05 Å². The highest BCUT2D eigenvalue weighted by Crippen LogP contribution is 2.12. The van der Waals surface area contributed by atoms with Crippen molar-refractivity contribution in [3.8, 4) is 0 Å². The Hall–Kier alpha value is -0.800. The van der Waals surface area contributed by atoms with Crippen molar-refractivity contribution < 1.29 is 0 Å². The fourth-order valence-corrected chi connectivity index (χ4v) is 2.20. The monoisotopic (exact) mass is 265 g/mol. The van der Waals surface area contributed by atoms with Crippen molar-refractivity contribution in [1.29, 1.82) is 0 Å². The van der Waals surface area contributed by atoms with Crippen LogP contribution in [0.25, 0.3) is 0 Å². The van der Waals surface area contributed by atoms with Crippen molar-refractivity contribution in [3.05, 3.63) is 23.0 Å². The molecule has 0 unspecified atom stereocenters. The van der Waals surface area contributed by atoms with Crippen LogP contribution >= 0.6 is 0 Å². The molecule has 0 aliphatic heterocycles. The minimum Gasteiger partial charge on any atom is -0.352 e. The lowest BCUT2D eigenvalue weighted by Gasteiger charge is -2.20. The number of hydrogen-bond acceptors (Lipinski definition) is 2. The average Bonchev–Trinajstić information content (AvgIpc) is 2.60. The van der Waals surface area contributed by atoms with E-state index in [2.05, 4.69) is 62.6 Å². The molecule has 0 fully saturated rings. The van der Waals surface area contributed by atoms with Crippen LogP contribution in [0.3, 0.4) is 0 Å². The van der Waals surface area contributed by atoms with Gasteiger partial charge in [-0.25, -0.2) is 0 Å². The second-order valence-corrected chi connectivity index (χ2v) is 5.91. The van der Waals surface area contributed by atoms with Gasteiger partial charge in [-0.3, -0.25) is 0 Å². The minimum atomic E-state index is 0.655. The normalized spacial score (nSPS) is 11.8. The lowest BCUT2D eigenvalue weighted by atomic mass is 10.2. The molecule has 0 aliphatic carbocycles. The van der Waals surface area contributed by atoms with Gasteiger partial charge in [-0.15, -0.1) is 0 Å². The molecule has 3 heteroatoms. The van der Waals surface area contributed by atoms with Gasteiger partial charge in [0.15, 0.2) is 0 Å². The predicted octanol–water partition coefficient (Wildman–Crippen LogP) is 2.85. The summed E-state index contributed by atoms with van der Waals surface area (Å²) in [5.41, 5.74) is 4.15. The topological polar surface area (TPSA) is 20.2 Å². The maximum Gasteiger partial charge on any atom is 0.0223 e. The molecule has 1 aromatic heterocycles. The molecule has 0 aromatic carbocycles. The molecule has 0 atom stereocenters. The third kappa shape index (κ3) is 5.00. The Bertz CT molecular complexity index is 380. The standard InChI is InChI=1S/C16H31N3/c1-13(2)18(5)10-8-7-9-17-12-16-11-14(3)19(6)15(16)4/h11,13,17H,7-10,12H2,1-6H3. The van der Waals surface area contributed by atoms with Crippen molar-refractivity contribution in [2.75, 3.05) is 20.1 Å². The second-order valence-electron chi connectivity index (χ2n) is 5.91. The van der Waals surface area contributed by atoms with Crippen LogP contribution < -0.4 is 5.32 Å². The van der Waals surface area contributed by atoms with Crippen molar-refractivity contribution in [1.82, 2.24) is 14.8 Å². The zero-order valence-electron chi connectivity index (χ0n) is 13.6. The van der Waals surface area contributed by atoms with Gasteiger partial charge in [0.1, 0.15) is 0 Å². The first-order valence-corrected chi connectivity index (χ1v) is 7.46. The summed E-state index contributed by atoms with van der Waals surface area (Å²) in [6.45, 7) is 12.2. The Labute approximate surface area is 119 Å².